The number of aromatic nitrogens is 4. The maximum absolute atomic E-state index is 8.95. The summed E-state index contributed by atoms with van der Waals surface area (Å²) in [5.41, 5.74) is 4.67. The van der Waals surface area contributed by atoms with E-state index in [-0.39, 0.29) is 6.61 Å². The van der Waals surface area contributed by atoms with E-state index in [2.05, 4.69) is 35.3 Å². The van der Waals surface area contributed by atoms with E-state index in [9.17, 15) is 0 Å². The summed E-state index contributed by atoms with van der Waals surface area (Å²) in [7, 11) is 0. The van der Waals surface area contributed by atoms with Crippen LogP contribution in [0.2, 0.25) is 0 Å². The normalized spacial score (nSPS) is 11.5. The molecule has 3 aromatic rings. The first-order valence-electron chi connectivity index (χ1n) is 7.65. The number of aliphatic hydroxyl groups is 1. The molecule has 0 bridgehead atoms. The molecule has 0 unspecified atom stereocenters. The van der Waals surface area contributed by atoms with Gasteiger partial charge in [-0.25, -0.2) is 9.97 Å². The summed E-state index contributed by atoms with van der Waals surface area (Å²) in [5, 5.41) is 17.9. The Balaban J connectivity index is 2.24. The zero-order chi connectivity index (χ0) is 15.7. The molecule has 3 rings (SSSR count). The molecule has 0 saturated carbocycles. The van der Waals surface area contributed by atoms with E-state index in [4.69, 9.17) is 10.1 Å². The summed E-state index contributed by atoms with van der Waals surface area (Å²) in [6.07, 6.45) is 1.55. The van der Waals surface area contributed by atoms with Gasteiger partial charge in [0.15, 0.2) is 11.3 Å². The minimum absolute atomic E-state index is 0.169. The molecule has 0 saturated heterocycles. The number of rotatable bonds is 5. The van der Waals surface area contributed by atoms with Crippen LogP contribution in [0.4, 0.5) is 5.82 Å². The number of aryl methyl sites for hydroxylation is 3. The highest BCUT2D eigenvalue weighted by Crippen LogP contribution is 2.24. The molecule has 0 aliphatic carbocycles. The number of hydrogen-bond donors (Lipinski definition) is 2. The molecular formula is C16H21N5O. The standard InChI is InChI=1S/C16H21N5O/c1-4-12-9-13(17-6-5-7-22)21-16(19-12)14-10(2)8-11(3)18-15(14)20-21/h8-9,17,22H,4-7H2,1-3H3. The molecule has 0 aliphatic heterocycles. The molecule has 0 amide bonds. The SMILES string of the molecule is CCc1cc(NCCCO)n2nc3nc(C)cc(C)c3c2n1. The smallest absolute Gasteiger partial charge is 0.184 e. The highest BCUT2D eigenvalue weighted by Gasteiger charge is 2.14. The second-order valence-corrected chi connectivity index (χ2v) is 5.50. The van der Waals surface area contributed by atoms with Crippen molar-refractivity contribution in [2.45, 2.75) is 33.6 Å². The molecule has 6 heteroatoms. The van der Waals surface area contributed by atoms with Gasteiger partial charge in [-0.1, -0.05) is 6.92 Å². The van der Waals surface area contributed by atoms with Gasteiger partial charge in [0.1, 0.15) is 5.82 Å². The van der Waals surface area contributed by atoms with Crippen molar-refractivity contribution >= 4 is 22.5 Å². The lowest BCUT2D eigenvalue weighted by atomic mass is 10.2. The Morgan fingerprint density at radius 2 is 2.05 bits per heavy atom. The van der Waals surface area contributed by atoms with Gasteiger partial charge in [0, 0.05) is 30.6 Å². The molecule has 0 aliphatic rings. The van der Waals surface area contributed by atoms with E-state index in [1.54, 1.807) is 0 Å². The third-order valence-corrected chi connectivity index (χ3v) is 3.73. The number of anilines is 1. The molecule has 22 heavy (non-hydrogen) atoms. The lowest BCUT2D eigenvalue weighted by Gasteiger charge is -2.09. The van der Waals surface area contributed by atoms with Gasteiger partial charge in [-0.15, -0.1) is 5.10 Å². The average Bonchev–Trinajstić information content (AvgIpc) is 2.85. The topological polar surface area (TPSA) is 75.3 Å². The molecule has 3 heterocycles. The van der Waals surface area contributed by atoms with Gasteiger partial charge in [-0.05, 0) is 38.3 Å². The van der Waals surface area contributed by atoms with Crippen LogP contribution >= 0.6 is 0 Å². The zero-order valence-electron chi connectivity index (χ0n) is 13.2. The molecule has 0 radical (unpaired) electrons. The van der Waals surface area contributed by atoms with Crippen molar-refractivity contribution in [3.05, 3.63) is 29.1 Å². The predicted molar refractivity (Wildman–Crippen MR) is 87.3 cm³/mol. The summed E-state index contributed by atoms with van der Waals surface area (Å²) in [6.45, 7) is 6.99. The largest absolute Gasteiger partial charge is 0.396 e. The van der Waals surface area contributed by atoms with Crippen molar-refractivity contribution in [3.8, 4) is 0 Å². The van der Waals surface area contributed by atoms with Gasteiger partial charge in [0.05, 0.1) is 5.39 Å². The third-order valence-electron chi connectivity index (χ3n) is 3.73. The quantitative estimate of drug-likeness (QED) is 0.707. The average molecular weight is 299 g/mol. The summed E-state index contributed by atoms with van der Waals surface area (Å²) in [5.74, 6) is 0.894. The Morgan fingerprint density at radius 1 is 1.23 bits per heavy atom. The Labute approximate surface area is 129 Å². The summed E-state index contributed by atoms with van der Waals surface area (Å²) < 4.78 is 1.82. The van der Waals surface area contributed by atoms with Gasteiger partial charge in [-0.2, -0.15) is 4.52 Å². The van der Waals surface area contributed by atoms with Crippen LogP contribution in [0.3, 0.4) is 0 Å². The van der Waals surface area contributed by atoms with Crippen molar-refractivity contribution in [1.82, 2.24) is 19.6 Å². The fourth-order valence-electron chi connectivity index (χ4n) is 2.67. The number of nitrogens with zero attached hydrogens (tertiary/aromatic N) is 4. The van der Waals surface area contributed by atoms with E-state index < -0.39 is 0 Å². The number of nitrogens with one attached hydrogen (secondary N) is 1. The summed E-state index contributed by atoms with van der Waals surface area (Å²) >= 11 is 0. The van der Waals surface area contributed by atoms with Crippen molar-refractivity contribution in [2.75, 3.05) is 18.5 Å². The van der Waals surface area contributed by atoms with E-state index in [0.29, 0.717) is 13.0 Å². The molecule has 6 nitrogen and oxygen atoms in total. The van der Waals surface area contributed by atoms with Gasteiger partial charge < -0.3 is 10.4 Å². The van der Waals surface area contributed by atoms with Crippen molar-refractivity contribution in [1.29, 1.82) is 0 Å². The van der Waals surface area contributed by atoms with E-state index in [1.165, 1.54) is 0 Å². The molecule has 116 valence electrons. The van der Waals surface area contributed by atoms with Crippen LogP contribution in [0, 0.1) is 13.8 Å². The Bertz CT molecular complexity index is 824. The van der Waals surface area contributed by atoms with Crippen molar-refractivity contribution < 1.29 is 5.11 Å². The zero-order valence-corrected chi connectivity index (χ0v) is 13.2. The van der Waals surface area contributed by atoms with E-state index >= 15 is 0 Å². The van der Waals surface area contributed by atoms with Gasteiger partial charge in [-0.3, -0.25) is 0 Å². The molecule has 0 spiro atoms. The monoisotopic (exact) mass is 299 g/mol. The molecule has 0 fully saturated rings. The molecule has 0 atom stereocenters. The third kappa shape index (κ3) is 2.50. The first kappa shape index (κ1) is 14.7. The van der Waals surface area contributed by atoms with Crippen LogP contribution in [-0.4, -0.2) is 37.8 Å². The van der Waals surface area contributed by atoms with E-state index in [0.717, 1.165) is 45.9 Å². The van der Waals surface area contributed by atoms with Gasteiger partial charge >= 0.3 is 0 Å². The van der Waals surface area contributed by atoms with Crippen LogP contribution in [0.5, 0.6) is 0 Å². The number of pyridine rings is 1. The molecule has 3 aromatic heterocycles. The highest BCUT2D eigenvalue weighted by molar-refractivity contribution is 5.93. The minimum Gasteiger partial charge on any atom is -0.396 e. The molecular weight excluding hydrogens is 278 g/mol. The van der Waals surface area contributed by atoms with E-state index in [1.807, 2.05) is 17.5 Å². The maximum atomic E-state index is 8.95. The van der Waals surface area contributed by atoms with Crippen LogP contribution < -0.4 is 5.32 Å². The number of aliphatic hydroxyl groups excluding tert-OH is 1. The first-order chi connectivity index (χ1) is 10.6. The Hall–Kier alpha value is -2.21. The van der Waals surface area contributed by atoms with Crippen LogP contribution in [-0.2, 0) is 6.42 Å². The summed E-state index contributed by atoms with van der Waals surface area (Å²) in [6, 6.07) is 4.07. The second kappa shape index (κ2) is 5.88. The van der Waals surface area contributed by atoms with Gasteiger partial charge in [0.25, 0.3) is 0 Å². The van der Waals surface area contributed by atoms with Gasteiger partial charge in [0.2, 0.25) is 0 Å². The van der Waals surface area contributed by atoms with Crippen LogP contribution in [0.1, 0.15) is 30.3 Å². The minimum atomic E-state index is 0.169. The first-order valence-corrected chi connectivity index (χ1v) is 7.65. The fraction of sp³-hybridized carbons (Fsp3) is 0.438. The van der Waals surface area contributed by atoms with Crippen molar-refractivity contribution in [2.24, 2.45) is 0 Å². The second-order valence-electron chi connectivity index (χ2n) is 5.50. The Morgan fingerprint density at radius 3 is 2.77 bits per heavy atom. The molecule has 0 aromatic carbocycles. The maximum Gasteiger partial charge on any atom is 0.184 e. The number of hydrogen-bond acceptors (Lipinski definition) is 5. The van der Waals surface area contributed by atoms with Crippen molar-refractivity contribution in [3.63, 3.8) is 0 Å². The fourth-order valence-corrected chi connectivity index (χ4v) is 2.67. The van der Waals surface area contributed by atoms with Crippen LogP contribution in [0.25, 0.3) is 16.7 Å². The summed E-state index contributed by atoms with van der Waals surface area (Å²) in [4.78, 5) is 9.26. The predicted octanol–water partition coefficient (Wildman–Crippen LogP) is 2.25. The van der Waals surface area contributed by atoms with Crippen LogP contribution in [0.15, 0.2) is 12.1 Å². The highest BCUT2D eigenvalue weighted by atomic mass is 16.3. The number of fused-ring (bicyclic) bond motifs is 3. The lowest BCUT2D eigenvalue weighted by molar-refractivity contribution is 0.292. The Kier molecular flexibility index (Phi) is 3.94. The lowest BCUT2D eigenvalue weighted by Crippen LogP contribution is -2.09. The molecule has 2 N–H and O–H groups in total.